The molecule has 3 rings (SSSR count). The molecular weight excluding hydrogens is 594 g/mol. The van der Waals surface area contributed by atoms with Crippen LogP contribution in [0.25, 0.3) is 0 Å². The number of rotatable bonds is 14. The van der Waals surface area contributed by atoms with E-state index in [1.165, 1.54) is 28.8 Å². The fourth-order valence-corrected chi connectivity index (χ4v) is 6.19. The zero-order valence-electron chi connectivity index (χ0n) is 24.5. The van der Waals surface area contributed by atoms with Crippen molar-refractivity contribution >= 4 is 50.9 Å². The monoisotopic (exact) mass is 631 g/mol. The second-order valence-corrected chi connectivity index (χ2v) is 12.9. The zero-order chi connectivity index (χ0) is 30.9. The quantitative estimate of drug-likeness (QED) is 0.220. The van der Waals surface area contributed by atoms with E-state index in [0.29, 0.717) is 28.6 Å². The molecule has 0 saturated carbocycles. The first-order chi connectivity index (χ1) is 20.0. The Morgan fingerprint density at radius 3 is 2.24 bits per heavy atom. The number of anilines is 1. The topological polar surface area (TPSA) is 96.0 Å². The Balaban J connectivity index is 2.03. The highest BCUT2D eigenvalue weighted by Gasteiger charge is 2.33. The average molecular weight is 632 g/mol. The van der Waals surface area contributed by atoms with Gasteiger partial charge in [-0.1, -0.05) is 30.7 Å². The van der Waals surface area contributed by atoms with Gasteiger partial charge in [0.25, 0.3) is 10.0 Å². The molecular formula is C31H38ClN3O5S2. The molecule has 226 valence electrons. The van der Waals surface area contributed by atoms with Crippen LogP contribution < -0.4 is 14.4 Å². The van der Waals surface area contributed by atoms with Crippen molar-refractivity contribution in [2.24, 2.45) is 0 Å². The standard InChI is InChI=1S/C31H38ClN3O5S2/c1-6-22(3)33-31(37)23(4)34(20-24-9-8-10-25(32)19-24)30(36)21-35(26-11-13-27(14-12-26)40-7-2)42(38,39)29-17-15-28(41-5)16-18-29/h8-19,22-23H,6-7,20-21H2,1-5H3,(H,33,37). The summed E-state index contributed by atoms with van der Waals surface area (Å²) < 4.78 is 34.6. The van der Waals surface area contributed by atoms with Gasteiger partial charge in [-0.05, 0) is 99.7 Å². The van der Waals surface area contributed by atoms with Crippen molar-refractivity contribution in [1.29, 1.82) is 0 Å². The summed E-state index contributed by atoms with van der Waals surface area (Å²) in [4.78, 5) is 29.6. The third-order valence-corrected chi connectivity index (χ3v) is 9.54. The zero-order valence-corrected chi connectivity index (χ0v) is 26.9. The number of halogens is 1. The fraction of sp³-hybridized carbons (Fsp3) is 0.355. The van der Waals surface area contributed by atoms with Gasteiger partial charge in [0.2, 0.25) is 11.8 Å². The van der Waals surface area contributed by atoms with Crippen molar-refractivity contribution in [3.63, 3.8) is 0 Å². The molecule has 0 saturated heterocycles. The molecule has 11 heteroatoms. The molecule has 0 aliphatic heterocycles. The van der Waals surface area contributed by atoms with Crippen LogP contribution >= 0.6 is 23.4 Å². The molecule has 1 N–H and O–H groups in total. The number of carbonyl (C=O) groups excluding carboxylic acids is 2. The van der Waals surface area contributed by atoms with Crippen molar-refractivity contribution < 1.29 is 22.7 Å². The molecule has 0 aliphatic rings. The van der Waals surface area contributed by atoms with E-state index in [1.807, 2.05) is 27.0 Å². The number of ether oxygens (including phenoxy) is 1. The van der Waals surface area contributed by atoms with Gasteiger partial charge in [0.1, 0.15) is 18.3 Å². The smallest absolute Gasteiger partial charge is 0.264 e. The number of nitrogens with one attached hydrogen (secondary N) is 1. The minimum absolute atomic E-state index is 0.0472. The first-order valence-electron chi connectivity index (χ1n) is 13.7. The molecule has 0 aromatic heterocycles. The second kappa shape index (κ2) is 15.3. The molecule has 0 aliphatic carbocycles. The molecule has 0 bridgehead atoms. The maximum absolute atomic E-state index is 14.0. The van der Waals surface area contributed by atoms with E-state index in [9.17, 15) is 18.0 Å². The number of hydrogen-bond donors (Lipinski definition) is 1. The lowest BCUT2D eigenvalue weighted by molar-refractivity contribution is -0.139. The van der Waals surface area contributed by atoms with Crippen LogP contribution in [-0.4, -0.2) is 56.6 Å². The first kappa shape index (κ1) is 33.3. The van der Waals surface area contributed by atoms with Gasteiger partial charge in [-0.2, -0.15) is 0 Å². The van der Waals surface area contributed by atoms with E-state index in [4.69, 9.17) is 16.3 Å². The van der Waals surface area contributed by atoms with Crippen molar-refractivity contribution in [3.05, 3.63) is 83.4 Å². The Kier molecular flexibility index (Phi) is 12.1. The SMILES string of the molecule is CCOc1ccc(N(CC(=O)N(Cc2cccc(Cl)c2)C(C)C(=O)NC(C)CC)S(=O)(=O)c2ccc(SC)cc2)cc1. The van der Waals surface area contributed by atoms with Gasteiger partial charge < -0.3 is 15.0 Å². The van der Waals surface area contributed by atoms with E-state index in [1.54, 1.807) is 67.6 Å². The van der Waals surface area contributed by atoms with Gasteiger partial charge in [0, 0.05) is 22.5 Å². The highest BCUT2D eigenvalue weighted by atomic mass is 35.5. The Morgan fingerprint density at radius 1 is 1.00 bits per heavy atom. The number of hydrogen-bond acceptors (Lipinski definition) is 6. The van der Waals surface area contributed by atoms with E-state index in [0.717, 1.165) is 15.6 Å². The number of benzene rings is 3. The summed E-state index contributed by atoms with van der Waals surface area (Å²) in [5.74, 6) is -0.296. The Bertz CT molecular complexity index is 1450. The molecule has 0 spiro atoms. The van der Waals surface area contributed by atoms with Crippen molar-refractivity contribution in [2.45, 2.75) is 62.5 Å². The third kappa shape index (κ3) is 8.65. The molecule has 2 atom stereocenters. The molecule has 0 radical (unpaired) electrons. The van der Waals surface area contributed by atoms with E-state index in [-0.39, 0.29) is 23.4 Å². The van der Waals surface area contributed by atoms with Crippen LogP contribution in [0, 0.1) is 0 Å². The number of amides is 2. The highest BCUT2D eigenvalue weighted by Crippen LogP contribution is 2.28. The number of sulfonamides is 1. The summed E-state index contributed by atoms with van der Waals surface area (Å²) in [6.07, 6.45) is 2.63. The minimum Gasteiger partial charge on any atom is -0.494 e. The van der Waals surface area contributed by atoms with E-state index in [2.05, 4.69) is 5.32 Å². The average Bonchev–Trinajstić information content (AvgIpc) is 2.98. The van der Waals surface area contributed by atoms with Crippen LogP contribution in [0.1, 0.15) is 39.7 Å². The highest BCUT2D eigenvalue weighted by molar-refractivity contribution is 7.98. The normalized spacial score (nSPS) is 12.7. The fourth-order valence-electron chi connectivity index (χ4n) is 4.16. The van der Waals surface area contributed by atoms with Gasteiger partial charge in [-0.3, -0.25) is 13.9 Å². The summed E-state index contributed by atoms with van der Waals surface area (Å²) in [5, 5.41) is 3.41. The Labute approximate surface area is 258 Å². The number of thioether (sulfide) groups is 1. The Hall–Kier alpha value is -3.21. The second-order valence-electron chi connectivity index (χ2n) is 9.76. The molecule has 8 nitrogen and oxygen atoms in total. The summed E-state index contributed by atoms with van der Waals surface area (Å²) >= 11 is 7.70. The van der Waals surface area contributed by atoms with Crippen LogP contribution in [0.5, 0.6) is 5.75 Å². The van der Waals surface area contributed by atoms with Gasteiger partial charge in [-0.25, -0.2) is 8.42 Å². The molecule has 0 fully saturated rings. The van der Waals surface area contributed by atoms with Crippen LogP contribution in [0.15, 0.2) is 82.6 Å². The molecule has 3 aromatic rings. The van der Waals surface area contributed by atoms with Crippen LogP contribution in [0.4, 0.5) is 5.69 Å². The van der Waals surface area contributed by atoms with Gasteiger partial charge in [-0.15, -0.1) is 11.8 Å². The first-order valence-corrected chi connectivity index (χ1v) is 16.8. The lowest BCUT2D eigenvalue weighted by Crippen LogP contribution is -2.52. The Morgan fingerprint density at radius 2 is 1.67 bits per heavy atom. The molecule has 2 unspecified atom stereocenters. The molecule has 42 heavy (non-hydrogen) atoms. The maximum Gasteiger partial charge on any atom is 0.264 e. The van der Waals surface area contributed by atoms with Crippen molar-refractivity contribution in [1.82, 2.24) is 10.2 Å². The molecule has 3 aromatic carbocycles. The third-order valence-electron chi connectivity index (χ3n) is 6.77. The largest absolute Gasteiger partial charge is 0.494 e. The predicted octanol–water partition coefficient (Wildman–Crippen LogP) is 5.99. The number of carbonyl (C=O) groups is 2. The van der Waals surface area contributed by atoms with Crippen molar-refractivity contribution in [3.8, 4) is 5.75 Å². The predicted molar refractivity (Wildman–Crippen MR) is 170 cm³/mol. The summed E-state index contributed by atoms with van der Waals surface area (Å²) in [6, 6.07) is 19.1. The summed E-state index contributed by atoms with van der Waals surface area (Å²) in [7, 11) is -4.17. The van der Waals surface area contributed by atoms with Gasteiger partial charge in [0.15, 0.2) is 0 Å². The summed E-state index contributed by atoms with van der Waals surface area (Å²) in [6.45, 7) is 7.32. The molecule has 2 amide bonds. The van der Waals surface area contributed by atoms with E-state index < -0.39 is 28.5 Å². The molecule has 0 heterocycles. The maximum atomic E-state index is 14.0. The lowest BCUT2D eigenvalue weighted by atomic mass is 10.1. The van der Waals surface area contributed by atoms with Gasteiger partial charge >= 0.3 is 0 Å². The van der Waals surface area contributed by atoms with Gasteiger partial charge in [0.05, 0.1) is 17.2 Å². The van der Waals surface area contributed by atoms with Crippen LogP contribution in [0.2, 0.25) is 5.02 Å². The minimum atomic E-state index is -4.17. The lowest BCUT2D eigenvalue weighted by Gasteiger charge is -2.32. The summed E-state index contributed by atoms with van der Waals surface area (Å²) in [5.41, 5.74) is 1.00. The van der Waals surface area contributed by atoms with Crippen LogP contribution in [0.3, 0.4) is 0 Å². The number of nitrogens with zero attached hydrogens (tertiary/aromatic N) is 2. The van der Waals surface area contributed by atoms with Crippen LogP contribution in [-0.2, 0) is 26.2 Å². The van der Waals surface area contributed by atoms with E-state index >= 15 is 0 Å². The van der Waals surface area contributed by atoms with Crippen molar-refractivity contribution in [2.75, 3.05) is 23.7 Å².